The van der Waals surface area contributed by atoms with Crippen molar-refractivity contribution in [2.45, 2.75) is 25.7 Å². The third-order valence-electron chi connectivity index (χ3n) is 5.70. The van der Waals surface area contributed by atoms with Crippen molar-refractivity contribution < 1.29 is 9.90 Å². The molecular weight excluding hydrogens is 336 g/mol. The Kier molecular flexibility index (Phi) is 5.26. The quantitative estimate of drug-likeness (QED) is 0.639. The van der Waals surface area contributed by atoms with Crippen LogP contribution in [0.3, 0.4) is 0 Å². The van der Waals surface area contributed by atoms with Gasteiger partial charge in [-0.2, -0.15) is 0 Å². The summed E-state index contributed by atoms with van der Waals surface area (Å²) in [5, 5.41) is 10.4. The molecule has 0 radical (unpaired) electrons. The number of aromatic hydroxyl groups is 1. The van der Waals surface area contributed by atoms with Crippen LogP contribution in [0.15, 0.2) is 54.7 Å². The standard InChI is InChI=1S/C23H26N2O2/c26-19-6-7-20-21(16-24-22(20)15-19)23(27)10-13-25-11-8-18(9-12-25)14-17-4-2-1-3-5-17/h1-7,15-16,18,24,26H,8-14H2. The van der Waals surface area contributed by atoms with Gasteiger partial charge in [-0.1, -0.05) is 30.3 Å². The summed E-state index contributed by atoms with van der Waals surface area (Å²) in [4.78, 5) is 18.1. The molecule has 0 spiro atoms. The molecule has 0 aliphatic carbocycles. The van der Waals surface area contributed by atoms with Gasteiger partial charge in [0.2, 0.25) is 0 Å². The molecule has 2 heterocycles. The molecule has 0 amide bonds. The number of nitrogens with one attached hydrogen (secondary N) is 1. The minimum atomic E-state index is 0.165. The highest BCUT2D eigenvalue weighted by atomic mass is 16.3. The van der Waals surface area contributed by atoms with E-state index in [1.807, 2.05) is 6.07 Å². The number of fused-ring (bicyclic) bond motifs is 1. The van der Waals surface area contributed by atoms with Gasteiger partial charge in [0.15, 0.2) is 5.78 Å². The van der Waals surface area contributed by atoms with E-state index in [0.29, 0.717) is 6.42 Å². The minimum Gasteiger partial charge on any atom is -0.508 e. The number of nitrogens with zero attached hydrogens (tertiary/aromatic N) is 1. The number of aromatic nitrogens is 1. The number of ketones is 1. The number of hydrogen-bond acceptors (Lipinski definition) is 3. The van der Waals surface area contributed by atoms with Gasteiger partial charge in [-0.3, -0.25) is 4.79 Å². The molecule has 1 saturated heterocycles. The van der Waals surface area contributed by atoms with Gasteiger partial charge >= 0.3 is 0 Å². The maximum atomic E-state index is 12.6. The molecule has 27 heavy (non-hydrogen) atoms. The number of carbonyl (C=O) groups is 1. The molecule has 2 aromatic carbocycles. The summed E-state index contributed by atoms with van der Waals surface area (Å²) in [7, 11) is 0. The number of rotatable bonds is 6. The number of Topliss-reactive ketones (excluding diaryl/α,β-unsaturated/α-hetero) is 1. The zero-order valence-electron chi connectivity index (χ0n) is 15.5. The molecule has 2 N–H and O–H groups in total. The Morgan fingerprint density at radius 2 is 1.89 bits per heavy atom. The number of phenols is 1. The lowest BCUT2D eigenvalue weighted by Crippen LogP contribution is -2.35. The average Bonchev–Trinajstić information content (AvgIpc) is 3.11. The molecule has 1 aliphatic rings. The van der Waals surface area contributed by atoms with Crippen LogP contribution in [0.4, 0.5) is 0 Å². The van der Waals surface area contributed by atoms with E-state index in [-0.39, 0.29) is 11.5 Å². The molecule has 4 rings (SSSR count). The molecule has 1 aromatic heterocycles. The topological polar surface area (TPSA) is 56.3 Å². The van der Waals surface area contributed by atoms with Gasteiger partial charge in [0.05, 0.1) is 0 Å². The Labute approximate surface area is 159 Å². The highest BCUT2D eigenvalue weighted by molar-refractivity contribution is 6.08. The number of phenolic OH excluding ortho intramolecular Hbond substituents is 1. The fraction of sp³-hybridized carbons (Fsp3) is 0.348. The average molecular weight is 362 g/mol. The van der Waals surface area contributed by atoms with Crippen molar-refractivity contribution in [2.75, 3.05) is 19.6 Å². The van der Waals surface area contributed by atoms with Crippen LogP contribution in [0.1, 0.15) is 35.2 Å². The summed E-state index contributed by atoms with van der Waals surface area (Å²) in [5.74, 6) is 1.13. The van der Waals surface area contributed by atoms with Crippen molar-refractivity contribution in [3.63, 3.8) is 0 Å². The third kappa shape index (κ3) is 4.22. The van der Waals surface area contributed by atoms with E-state index in [0.717, 1.165) is 48.4 Å². The lowest BCUT2D eigenvalue weighted by molar-refractivity contribution is 0.0952. The van der Waals surface area contributed by atoms with Crippen molar-refractivity contribution in [1.29, 1.82) is 0 Å². The summed E-state index contributed by atoms with van der Waals surface area (Å²) in [6.07, 6.45) is 5.87. The molecule has 0 bridgehead atoms. The van der Waals surface area contributed by atoms with Crippen LogP contribution in [-0.2, 0) is 6.42 Å². The molecule has 4 heteroatoms. The van der Waals surface area contributed by atoms with E-state index < -0.39 is 0 Å². The normalized spacial score (nSPS) is 16.0. The lowest BCUT2D eigenvalue weighted by atomic mass is 9.90. The SMILES string of the molecule is O=C(CCN1CCC(Cc2ccccc2)CC1)c1c[nH]c2cc(O)ccc12. The Bertz CT molecular complexity index is 909. The van der Waals surface area contributed by atoms with Crippen LogP contribution in [0.25, 0.3) is 10.9 Å². The monoisotopic (exact) mass is 362 g/mol. The van der Waals surface area contributed by atoms with Crippen LogP contribution in [0, 0.1) is 5.92 Å². The summed E-state index contributed by atoms with van der Waals surface area (Å²) in [6, 6.07) is 15.8. The summed E-state index contributed by atoms with van der Waals surface area (Å²) in [6.45, 7) is 2.97. The number of benzene rings is 2. The highest BCUT2D eigenvalue weighted by Gasteiger charge is 2.20. The van der Waals surface area contributed by atoms with Gasteiger partial charge in [0.1, 0.15) is 5.75 Å². The van der Waals surface area contributed by atoms with Crippen LogP contribution in [0.5, 0.6) is 5.75 Å². The number of hydrogen-bond donors (Lipinski definition) is 2. The maximum absolute atomic E-state index is 12.6. The van der Waals surface area contributed by atoms with Crippen molar-refractivity contribution in [3.8, 4) is 5.75 Å². The van der Waals surface area contributed by atoms with Crippen LogP contribution in [0.2, 0.25) is 0 Å². The molecular formula is C23H26N2O2. The van der Waals surface area contributed by atoms with Crippen LogP contribution in [-0.4, -0.2) is 40.4 Å². The summed E-state index contributed by atoms with van der Waals surface area (Å²) >= 11 is 0. The molecule has 140 valence electrons. The molecule has 4 nitrogen and oxygen atoms in total. The van der Waals surface area contributed by atoms with E-state index in [4.69, 9.17) is 0 Å². The Morgan fingerprint density at radius 1 is 1.11 bits per heavy atom. The first-order chi connectivity index (χ1) is 13.2. The second kappa shape index (κ2) is 7.97. The van der Waals surface area contributed by atoms with E-state index in [1.165, 1.54) is 18.4 Å². The Balaban J connectivity index is 1.27. The van der Waals surface area contributed by atoms with Gasteiger partial charge in [-0.05, 0) is 56.0 Å². The number of likely N-dealkylation sites (tertiary alicyclic amines) is 1. The number of carbonyl (C=O) groups excluding carboxylic acids is 1. The Morgan fingerprint density at radius 3 is 2.67 bits per heavy atom. The first kappa shape index (κ1) is 17.8. The van der Waals surface area contributed by atoms with Crippen molar-refractivity contribution in [1.82, 2.24) is 9.88 Å². The third-order valence-corrected chi connectivity index (χ3v) is 5.70. The van der Waals surface area contributed by atoms with Crippen LogP contribution < -0.4 is 0 Å². The fourth-order valence-corrected chi connectivity index (χ4v) is 4.10. The van der Waals surface area contributed by atoms with Crippen LogP contribution >= 0.6 is 0 Å². The van der Waals surface area contributed by atoms with Crippen molar-refractivity contribution in [2.24, 2.45) is 5.92 Å². The van der Waals surface area contributed by atoms with Gasteiger partial charge in [0, 0.05) is 41.7 Å². The van der Waals surface area contributed by atoms with Gasteiger partial charge in [-0.25, -0.2) is 0 Å². The van der Waals surface area contributed by atoms with Gasteiger partial charge in [0.25, 0.3) is 0 Å². The van der Waals surface area contributed by atoms with E-state index >= 15 is 0 Å². The maximum Gasteiger partial charge on any atom is 0.166 e. The largest absolute Gasteiger partial charge is 0.508 e. The second-order valence-electron chi connectivity index (χ2n) is 7.58. The van der Waals surface area contributed by atoms with E-state index in [9.17, 15) is 9.90 Å². The highest BCUT2D eigenvalue weighted by Crippen LogP contribution is 2.25. The second-order valence-corrected chi connectivity index (χ2v) is 7.58. The predicted octanol–water partition coefficient (Wildman–Crippen LogP) is 4.40. The van der Waals surface area contributed by atoms with Gasteiger partial charge < -0.3 is 15.0 Å². The fourth-order valence-electron chi connectivity index (χ4n) is 4.10. The lowest BCUT2D eigenvalue weighted by Gasteiger charge is -2.31. The Hall–Kier alpha value is -2.59. The number of piperidine rings is 1. The molecule has 0 unspecified atom stereocenters. The molecule has 0 saturated carbocycles. The zero-order chi connectivity index (χ0) is 18.6. The van der Waals surface area contributed by atoms with Gasteiger partial charge in [-0.15, -0.1) is 0 Å². The number of H-pyrrole nitrogens is 1. The molecule has 1 aliphatic heterocycles. The van der Waals surface area contributed by atoms with Crippen molar-refractivity contribution >= 4 is 16.7 Å². The molecule has 1 fully saturated rings. The zero-order valence-corrected chi connectivity index (χ0v) is 15.5. The van der Waals surface area contributed by atoms with Crippen molar-refractivity contribution in [3.05, 3.63) is 65.9 Å². The van der Waals surface area contributed by atoms with E-state index in [1.54, 1.807) is 18.3 Å². The predicted molar refractivity (Wildman–Crippen MR) is 108 cm³/mol. The smallest absolute Gasteiger partial charge is 0.166 e. The first-order valence-electron chi connectivity index (χ1n) is 9.78. The summed E-state index contributed by atoms with van der Waals surface area (Å²) in [5.41, 5.74) is 2.96. The molecule has 0 atom stereocenters. The molecule has 3 aromatic rings. The summed E-state index contributed by atoms with van der Waals surface area (Å²) < 4.78 is 0. The minimum absolute atomic E-state index is 0.165. The number of aromatic amines is 1. The first-order valence-corrected chi connectivity index (χ1v) is 9.78. The van der Waals surface area contributed by atoms with E-state index in [2.05, 4.69) is 40.2 Å².